The number of halogens is 3. The monoisotopic (exact) mass is 434 g/mol. The van der Waals surface area contributed by atoms with E-state index in [1.54, 1.807) is 13.8 Å². The van der Waals surface area contributed by atoms with Gasteiger partial charge in [-0.25, -0.2) is 4.79 Å². The molecule has 2 aliphatic rings. The highest BCUT2D eigenvalue weighted by atomic mass is 35.5. The van der Waals surface area contributed by atoms with Gasteiger partial charge in [-0.15, -0.1) is 0 Å². The number of nitrogens with one attached hydrogen (secondary N) is 1. The molecule has 0 radical (unpaired) electrons. The number of ether oxygens (including phenoxy) is 1. The smallest absolute Gasteiger partial charge is 0.330 e. The SMILES string of the molecule is CC(C)OP1(=S)OC[C@H]2O[C@@H](n3cc(F)c(=O)[nH]c3=O)C(Cl)(Cl)[C@@H]2O1. The van der Waals surface area contributed by atoms with Crippen LogP contribution in [-0.2, 0) is 30.1 Å². The van der Waals surface area contributed by atoms with E-state index in [4.69, 9.17) is 53.3 Å². The van der Waals surface area contributed by atoms with Gasteiger partial charge in [0, 0.05) is 0 Å². The predicted molar refractivity (Wildman–Crippen MR) is 91.0 cm³/mol. The van der Waals surface area contributed by atoms with Crippen molar-refractivity contribution in [2.75, 3.05) is 6.61 Å². The molecule has 3 rings (SSSR count). The van der Waals surface area contributed by atoms with Gasteiger partial charge in [0.2, 0.25) is 5.82 Å². The Kier molecular flexibility index (Phi) is 5.20. The number of aromatic amines is 1. The van der Waals surface area contributed by atoms with Gasteiger partial charge < -0.3 is 13.8 Å². The zero-order valence-electron chi connectivity index (χ0n) is 13.0. The molecule has 3 heterocycles. The van der Waals surface area contributed by atoms with Crippen LogP contribution >= 0.6 is 29.9 Å². The Morgan fingerprint density at radius 3 is 2.84 bits per heavy atom. The lowest BCUT2D eigenvalue weighted by Gasteiger charge is -2.36. The second-order valence-corrected chi connectivity index (χ2v) is 10.1. The van der Waals surface area contributed by atoms with Crippen molar-refractivity contribution in [3.63, 3.8) is 0 Å². The standard InChI is InChI=1S/C12H14Cl2FN2O6PS/c1-5(2)22-24(25)20-4-7-8(23-24)12(13,14)10(21-7)17-3-6(15)9(18)16-11(17)19/h3,5,7-8,10H,4H2,1-2H3,(H,16,18,19)/t7-,8-,10-,24?/m1/s1. The van der Waals surface area contributed by atoms with Crippen molar-refractivity contribution in [2.24, 2.45) is 0 Å². The van der Waals surface area contributed by atoms with Gasteiger partial charge >= 0.3 is 12.4 Å². The quantitative estimate of drug-likeness (QED) is 0.572. The van der Waals surface area contributed by atoms with Crippen LogP contribution in [0.2, 0.25) is 0 Å². The molecule has 1 aromatic rings. The molecule has 1 N–H and O–H groups in total. The summed E-state index contributed by atoms with van der Waals surface area (Å²) in [6.45, 7) is 0.401. The summed E-state index contributed by atoms with van der Waals surface area (Å²) in [4.78, 5) is 25.0. The lowest BCUT2D eigenvalue weighted by molar-refractivity contribution is -0.0652. The fourth-order valence-electron chi connectivity index (χ4n) is 2.51. The van der Waals surface area contributed by atoms with Crippen LogP contribution in [0, 0.1) is 5.82 Å². The second kappa shape index (κ2) is 6.69. The van der Waals surface area contributed by atoms with Gasteiger partial charge in [0.1, 0.15) is 12.2 Å². The van der Waals surface area contributed by atoms with Crippen LogP contribution in [-0.4, -0.2) is 38.8 Å². The second-order valence-electron chi connectivity index (χ2n) is 5.77. The number of H-pyrrole nitrogens is 1. The van der Waals surface area contributed by atoms with Gasteiger partial charge in [-0.05, 0) is 25.7 Å². The van der Waals surface area contributed by atoms with Gasteiger partial charge in [-0.2, -0.15) is 4.39 Å². The van der Waals surface area contributed by atoms with Gasteiger partial charge in [-0.1, -0.05) is 23.2 Å². The summed E-state index contributed by atoms with van der Waals surface area (Å²) < 4.78 is 34.8. The molecule has 0 spiro atoms. The molecule has 2 fully saturated rings. The first-order valence-electron chi connectivity index (χ1n) is 7.19. The van der Waals surface area contributed by atoms with Crippen molar-refractivity contribution in [2.45, 2.75) is 42.7 Å². The Bertz CT molecular complexity index is 846. The van der Waals surface area contributed by atoms with Gasteiger partial charge in [-0.3, -0.25) is 18.9 Å². The number of alkyl halides is 2. The van der Waals surface area contributed by atoms with E-state index in [2.05, 4.69) is 0 Å². The number of fused-ring (bicyclic) bond motifs is 1. The summed E-state index contributed by atoms with van der Waals surface area (Å²) in [5.74, 6) is -1.19. The third-order valence-electron chi connectivity index (χ3n) is 3.51. The highest BCUT2D eigenvalue weighted by molar-refractivity contribution is 8.07. The largest absolute Gasteiger partial charge is 0.346 e. The summed E-state index contributed by atoms with van der Waals surface area (Å²) in [5.41, 5.74) is -2.09. The van der Waals surface area contributed by atoms with Crippen molar-refractivity contribution in [3.8, 4) is 0 Å². The molecule has 4 atom stereocenters. The minimum absolute atomic E-state index is 0.0209. The van der Waals surface area contributed by atoms with E-state index in [1.165, 1.54) is 0 Å². The maximum absolute atomic E-state index is 13.6. The molecule has 140 valence electrons. The Hall–Kier alpha value is -0.320. The molecule has 0 aromatic carbocycles. The number of rotatable bonds is 3. The molecule has 0 saturated carbocycles. The molecule has 1 aromatic heterocycles. The zero-order chi connectivity index (χ0) is 18.6. The Morgan fingerprint density at radius 2 is 2.20 bits per heavy atom. The van der Waals surface area contributed by atoms with Crippen LogP contribution < -0.4 is 11.2 Å². The van der Waals surface area contributed by atoms with Crippen molar-refractivity contribution >= 4 is 41.7 Å². The van der Waals surface area contributed by atoms with Crippen molar-refractivity contribution in [1.82, 2.24) is 9.55 Å². The summed E-state index contributed by atoms with van der Waals surface area (Å²) in [6, 6.07) is 0. The number of nitrogens with zero attached hydrogens (tertiary/aromatic N) is 1. The minimum Gasteiger partial charge on any atom is -0.346 e. The third-order valence-corrected chi connectivity index (χ3v) is 6.77. The molecular formula is C12H14Cl2FN2O6PS. The molecule has 2 aliphatic heterocycles. The van der Waals surface area contributed by atoms with E-state index >= 15 is 0 Å². The molecule has 1 unspecified atom stereocenters. The fourth-order valence-corrected chi connectivity index (χ4v) is 5.90. The normalized spacial score (nSPS) is 34.2. The van der Waals surface area contributed by atoms with Crippen molar-refractivity contribution in [3.05, 3.63) is 32.9 Å². The third kappa shape index (κ3) is 3.59. The molecule has 0 bridgehead atoms. The first kappa shape index (κ1) is 19.4. The van der Waals surface area contributed by atoms with Crippen LogP contribution in [0.4, 0.5) is 4.39 Å². The average Bonchev–Trinajstić information content (AvgIpc) is 2.73. The predicted octanol–water partition coefficient (Wildman–Crippen LogP) is 1.81. The van der Waals surface area contributed by atoms with E-state index in [0.717, 1.165) is 4.57 Å². The van der Waals surface area contributed by atoms with Crippen LogP contribution in [0.5, 0.6) is 0 Å². The van der Waals surface area contributed by atoms with Crippen molar-refractivity contribution in [1.29, 1.82) is 0 Å². The highest BCUT2D eigenvalue weighted by Crippen LogP contribution is 2.61. The lowest BCUT2D eigenvalue weighted by atomic mass is 10.2. The summed E-state index contributed by atoms with van der Waals surface area (Å²) in [7, 11) is 0. The molecule has 0 amide bonds. The van der Waals surface area contributed by atoms with Crippen LogP contribution in [0.25, 0.3) is 0 Å². The van der Waals surface area contributed by atoms with Gasteiger partial charge in [0.05, 0.1) is 18.9 Å². The van der Waals surface area contributed by atoms with Crippen molar-refractivity contribution < 1.29 is 22.7 Å². The molecule has 0 aliphatic carbocycles. The summed E-state index contributed by atoms with van der Waals surface area (Å²) in [5, 5.41) is 0. The minimum atomic E-state index is -3.10. The molecule has 8 nitrogen and oxygen atoms in total. The van der Waals surface area contributed by atoms with Crippen LogP contribution in [0.1, 0.15) is 20.1 Å². The molecule has 2 saturated heterocycles. The molecular weight excluding hydrogens is 421 g/mol. The lowest BCUT2D eigenvalue weighted by Crippen LogP contribution is -2.44. The van der Waals surface area contributed by atoms with Crippen LogP contribution in [0.3, 0.4) is 0 Å². The molecule has 13 heteroatoms. The number of hydrogen-bond acceptors (Lipinski definition) is 7. The average molecular weight is 435 g/mol. The van der Waals surface area contributed by atoms with E-state index in [0.29, 0.717) is 6.20 Å². The maximum atomic E-state index is 13.6. The Labute approximate surface area is 156 Å². The fraction of sp³-hybridized carbons (Fsp3) is 0.667. The number of aromatic nitrogens is 2. The van der Waals surface area contributed by atoms with E-state index in [1.807, 2.05) is 4.98 Å². The zero-order valence-corrected chi connectivity index (χ0v) is 16.2. The molecule has 25 heavy (non-hydrogen) atoms. The van der Waals surface area contributed by atoms with E-state index in [9.17, 15) is 14.0 Å². The summed E-state index contributed by atoms with van der Waals surface area (Å²) >= 11 is 18.0. The van der Waals surface area contributed by atoms with E-state index < -0.39 is 46.6 Å². The maximum Gasteiger partial charge on any atom is 0.330 e. The summed E-state index contributed by atoms with van der Waals surface area (Å²) in [6.07, 6.45) is -2.63. The van der Waals surface area contributed by atoms with Gasteiger partial charge in [0.15, 0.2) is 10.6 Å². The van der Waals surface area contributed by atoms with Gasteiger partial charge in [0.25, 0.3) is 5.56 Å². The first-order valence-corrected chi connectivity index (χ1v) is 10.5. The van der Waals surface area contributed by atoms with E-state index in [-0.39, 0.29) is 12.7 Å². The van der Waals surface area contributed by atoms with Crippen LogP contribution in [0.15, 0.2) is 15.8 Å². The Morgan fingerprint density at radius 1 is 1.52 bits per heavy atom. The highest BCUT2D eigenvalue weighted by Gasteiger charge is 2.61. The first-order chi connectivity index (χ1) is 11.5. The number of hydrogen-bond donors (Lipinski definition) is 1. The topological polar surface area (TPSA) is 91.8 Å². The Balaban J connectivity index is 1.94.